The van der Waals surface area contributed by atoms with Crippen LogP contribution in [0.15, 0.2) is 12.4 Å². The number of carbonyl (C=O) groups is 3. The van der Waals surface area contributed by atoms with Crippen LogP contribution in [0.25, 0.3) is 0 Å². The van der Waals surface area contributed by atoms with Crippen LogP contribution in [0.4, 0.5) is 0 Å². The van der Waals surface area contributed by atoms with Crippen molar-refractivity contribution in [2.75, 3.05) is 6.61 Å². The number of aryl methyl sites for hydroxylation is 2. The van der Waals surface area contributed by atoms with E-state index in [4.69, 9.17) is 18.9 Å². The Hall–Kier alpha value is -3.39. The highest BCUT2D eigenvalue weighted by Gasteiger charge is 2.51. The summed E-state index contributed by atoms with van der Waals surface area (Å²) in [7, 11) is 0. The van der Waals surface area contributed by atoms with E-state index in [1.807, 2.05) is 6.20 Å². The van der Waals surface area contributed by atoms with Crippen molar-refractivity contribution in [2.45, 2.75) is 90.2 Å². The van der Waals surface area contributed by atoms with Crippen molar-refractivity contribution >= 4 is 17.8 Å². The Bertz CT molecular complexity index is 1070. The molecule has 1 amide bonds. The van der Waals surface area contributed by atoms with Crippen molar-refractivity contribution in [3.05, 3.63) is 23.8 Å². The average molecular weight is 506 g/mol. The Morgan fingerprint density at radius 3 is 2.19 bits per heavy atom. The summed E-state index contributed by atoms with van der Waals surface area (Å²) in [5, 5.41) is 19.5. The molecule has 14 heteroatoms. The molecule has 1 fully saturated rings. The zero-order valence-electron chi connectivity index (χ0n) is 20.5. The molecule has 5 atom stereocenters. The van der Waals surface area contributed by atoms with Crippen LogP contribution in [0.3, 0.4) is 0 Å². The first-order valence-electron chi connectivity index (χ1n) is 11.9. The van der Waals surface area contributed by atoms with Crippen LogP contribution in [0.2, 0.25) is 0 Å². The topological polar surface area (TPSA) is 162 Å². The predicted octanol–water partition coefficient (Wildman–Crippen LogP) is -0.442. The lowest BCUT2D eigenvalue weighted by Crippen LogP contribution is -2.66. The molecule has 4 rings (SSSR count). The number of esters is 2. The number of nitrogens with zero attached hydrogens (tertiary/aromatic N) is 6. The highest BCUT2D eigenvalue weighted by atomic mass is 16.7. The van der Waals surface area contributed by atoms with Crippen molar-refractivity contribution in [2.24, 2.45) is 0 Å². The number of fused-ring (bicyclic) bond motifs is 6. The third kappa shape index (κ3) is 6.63. The predicted molar refractivity (Wildman–Crippen MR) is 120 cm³/mol. The SMILES string of the molecule is CC(=O)N[C@H]1[C@H]2OCCn3cc(nn3)CCCCc3cn(nn3)C[C@@H](O2)[C@@H](OC(C)=O)[C@@H]1OC(C)=O. The fourth-order valence-electron chi connectivity index (χ4n) is 4.41. The molecule has 0 aliphatic carbocycles. The summed E-state index contributed by atoms with van der Waals surface area (Å²) in [6, 6.07) is -0.938. The third-order valence-electron chi connectivity index (χ3n) is 5.88. The molecule has 0 spiro atoms. The Kier molecular flexibility index (Phi) is 8.25. The molecule has 14 nitrogen and oxygen atoms in total. The number of aromatic nitrogens is 6. The van der Waals surface area contributed by atoms with Crippen LogP contribution >= 0.6 is 0 Å². The van der Waals surface area contributed by atoms with Gasteiger partial charge in [0, 0.05) is 33.2 Å². The lowest BCUT2D eigenvalue weighted by Gasteiger charge is -2.45. The van der Waals surface area contributed by atoms with Gasteiger partial charge in [0.2, 0.25) is 5.91 Å². The van der Waals surface area contributed by atoms with E-state index < -0.39 is 48.5 Å². The maximum Gasteiger partial charge on any atom is 0.303 e. The number of ether oxygens (including phenoxy) is 4. The monoisotopic (exact) mass is 505 g/mol. The summed E-state index contributed by atoms with van der Waals surface area (Å²) >= 11 is 0. The minimum absolute atomic E-state index is 0.154. The molecule has 196 valence electrons. The van der Waals surface area contributed by atoms with E-state index in [1.54, 1.807) is 15.6 Å². The van der Waals surface area contributed by atoms with Crippen LogP contribution in [-0.4, -0.2) is 85.1 Å². The van der Waals surface area contributed by atoms with Crippen molar-refractivity contribution in [3.63, 3.8) is 0 Å². The van der Waals surface area contributed by atoms with Crippen molar-refractivity contribution < 1.29 is 33.3 Å². The van der Waals surface area contributed by atoms with E-state index in [-0.39, 0.29) is 13.2 Å². The summed E-state index contributed by atoms with van der Waals surface area (Å²) in [5.74, 6) is -1.59. The molecular weight excluding hydrogens is 474 g/mol. The van der Waals surface area contributed by atoms with Gasteiger partial charge in [-0.05, 0) is 25.7 Å². The molecule has 0 unspecified atom stereocenters. The van der Waals surface area contributed by atoms with Crippen LogP contribution in [0.1, 0.15) is 45.0 Å². The Balaban J connectivity index is 1.67. The lowest BCUT2D eigenvalue weighted by molar-refractivity contribution is -0.274. The summed E-state index contributed by atoms with van der Waals surface area (Å²) < 4.78 is 26.6. The van der Waals surface area contributed by atoms with Crippen LogP contribution in [0, 0.1) is 0 Å². The second kappa shape index (κ2) is 11.6. The first-order valence-corrected chi connectivity index (χ1v) is 11.9. The van der Waals surface area contributed by atoms with Gasteiger partial charge in [-0.1, -0.05) is 10.4 Å². The van der Waals surface area contributed by atoms with Gasteiger partial charge in [-0.2, -0.15) is 0 Å². The fraction of sp³-hybridized carbons (Fsp3) is 0.682. The summed E-state index contributed by atoms with van der Waals surface area (Å²) in [6.45, 7) is 4.53. The molecule has 4 heterocycles. The van der Waals surface area contributed by atoms with Gasteiger partial charge in [-0.15, -0.1) is 10.2 Å². The number of rotatable bonds is 3. The summed E-state index contributed by atoms with van der Waals surface area (Å²) in [5.41, 5.74) is 1.69. The summed E-state index contributed by atoms with van der Waals surface area (Å²) in [4.78, 5) is 36.1. The Morgan fingerprint density at radius 2 is 1.56 bits per heavy atom. The van der Waals surface area contributed by atoms with Gasteiger partial charge < -0.3 is 24.3 Å². The first-order chi connectivity index (χ1) is 17.3. The number of hydrogen-bond acceptors (Lipinski definition) is 11. The molecule has 2 aliphatic rings. The van der Waals surface area contributed by atoms with Crippen molar-refractivity contribution in [3.8, 4) is 0 Å². The molecule has 1 N–H and O–H groups in total. The number of amides is 1. The second-order valence-electron chi connectivity index (χ2n) is 8.90. The van der Waals surface area contributed by atoms with E-state index in [1.165, 1.54) is 20.8 Å². The molecule has 36 heavy (non-hydrogen) atoms. The van der Waals surface area contributed by atoms with Gasteiger partial charge in [0.1, 0.15) is 12.1 Å². The minimum atomic E-state index is -1.07. The molecule has 0 radical (unpaired) electrons. The molecule has 6 bridgehead atoms. The molecule has 2 aliphatic heterocycles. The maximum atomic E-state index is 12.0. The second-order valence-corrected chi connectivity index (χ2v) is 8.90. The zero-order chi connectivity index (χ0) is 25.7. The van der Waals surface area contributed by atoms with Gasteiger partial charge in [-0.3, -0.25) is 14.4 Å². The fourth-order valence-corrected chi connectivity index (χ4v) is 4.41. The number of nitrogens with one attached hydrogen (secondary N) is 1. The van der Waals surface area contributed by atoms with Gasteiger partial charge in [0.15, 0.2) is 18.5 Å². The largest absolute Gasteiger partial charge is 0.456 e. The molecular formula is C22H31N7O7. The normalized spacial score (nSPS) is 26.9. The standard InChI is InChI=1S/C22H31N7O7/c1-13(30)23-19-21(35-15(3)32)20(34-14(2)31)18-12-29-11-17(25-27-29)7-5-4-6-16-10-28(26-24-16)8-9-33-22(19)36-18/h10-11,18-22H,4-9,12H2,1-3H3,(H,23,30)/t18-,19-,20-,21-,22+/m1/s1. The van der Waals surface area contributed by atoms with Crippen molar-refractivity contribution in [1.29, 1.82) is 0 Å². The Morgan fingerprint density at radius 1 is 0.944 bits per heavy atom. The average Bonchev–Trinajstić information content (AvgIpc) is 3.44. The maximum absolute atomic E-state index is 12.0. The molecule has 0 saturated carbocycles. The minimum Gasteiger partial charge on any atom is -0.456 e. The molecule has 1 saturated heterocycles. The third-order valence-corrected chi connectivity index (χ3v) is 5.88. The molecule has 2 aromatic heterocycles. The van der Waals surface area contributed by atoms with Gasteiger partial charge in [0.25, 0.3) is 0 Å². The van der Waals surface area contributed by atoms with E-state index in [2.05, 4.69) is 25.9 Å². The summed E-state index contributed by atoms with van der Waals surface area (Å²) in [6.07, 6.45) is 3.10. The van der Waals surface area contributed by atoms with E-state index >= 15 is 0 Å². The van der Waals surface area contributed by atoms with Crippen molar-refractivity contribution in [1.82, 2.24) is 35.3 Å². The molecule has 0 aromatic carbocycles. The van der Waals surface area contributed by atoms with Crippen LogP contribution in [-0.2, 0) is 59.3 Å². The van der Waals surface area contributed by atoms with E-state index in [0.29, 0.717) is 6.54 Å². The smallest absolute Gasteiger partial charge is 0.303 e. The zero-order valence-corrected chi connectivity index (χ0v) is 20.5. The van der Waals surface area contributed by atoms with E-state index in [0.717, 1.165) is 37.1 Å². The quantitative estimate of drug-likeness (QED) is 0.538. The Labute approximate surface area is 207 Å². The number of carbonyl (C=O) groups excluding carboxylic acids is 3. The highest BCUT2D eigenvalue weighted by molar-refractivity contribution is 5.73. The van der Waals surface area contributed by atoms with Gasteiger partial charge in [0.05, 0.1) is 31.1 Å². The first kappa shape index (κ1) is 25.7. The van der Waals surface area contributed by atoms with E-state index in [9.17, 15) is 14.4 Å². The van der Waals surface area contributed by atoms with Gasteiger partial charge >= 0.3 is 11.9 Å². The lowest BCUT2D eigenvalue weighted by atomic mass is 9.95. The number of hydrogen-bond donors (Lipinski definition) is 1. The van der Waals surface area contributed by atoms with Gasteiger partial charge in [-0.25, -0.2) is 9.36 Å². The molecule has 2 aromatic rings. The van der Waals surface area contributed by atoms with Crippen LogP contribution in [0.5, 0.6) is 0 Å². The van der Waals surface area contributed by atoms with Crippen LogP contribution < -0.4 is 5.32 Å². The highest BCUT2D eigenvalue weighted by Crippen LogP contribution is 2.28.